The first kappa shape index (κ1) is 23.1. The van der Waals surface area contributed by atoms with Gasteiger partial charge in [0, 0.05) is 0 Å². The van der Waals surface area contributed by atoms with Crippen LogP contribution in [0.4, 0.5) is 4.39 Å². The van der Waals surface area contributed by atoms with E-state index in [4.69, 9.17) is 0 Å². The van der Waals surface area contributed by atoms with Crippen LogP contribution in [-0.4, -0.2) is 0 Å². The highest BCUT2D eigenvalue weighted by atomic mass is 19.1. The van der Waals surface area contributed by atoms with E-state index in [1.54, 1.807) is 12.1 Å². The van der Waals surface area contributed by atoms with Gasteiger partial charge in [0.05, 0.1) is 0 Å². The van der Waals surface area contributed by atoms with E-state index in [-0.39, 0.29) is 5.82 Å². The van der Waals surface area contributed by atoms with Gasteiger partial charge in [-0.05, 0) is 117 Å². The van der Waals surface area contributed by atoms with Crippen LogP contribution in [0.15, 0.2) is 36.4 Å². The molecular weight excluding hydrogens is 379 g/mol. The Labute approximate surface area is 191 Å². The van der Waals surface area contributed by atoms with Crippen LogP contribution in [0.2, 0.25) is 0 Å². The molecule has 0 N–H and O–H groups in total. The van der Waals surface area contributed by atoms with Crippen LogP contribution in [-0.2, 0) is 0 Å². The minimum Gasteiger partial charge on any atom is -0.207 e. The van der Waals surface area contributed by atoms with Crippen LogP contribution in [0.25, 0.3) is 0 Å². The van der Waals surface area contributed by atoms with Crippen LogP contribution in [0, 0.1) is 35.4 Å². The van der Waals surface area contributed by atoms with E-state index in [0.717, 1.165) is 29.6 Å². The standard InChI is InChI=1S/C30H45F/c1-2-3-4-23-7-13-26(14-8-23)27-15-9-24(10-16-27)5-6-25-11-17-28(18-12-25)29-19-21-30(31)22-20-29/h5-6,19-28H,2-4,7-18H2,1H3. The van der Waals surface area contributed by atoms with Gasteiger partial charge >= 0.3 is 0 Å². The molecule has 1 heteroatoms. The highest BCUT2D eigenvalue weighted by Crippen LogP contribution is 2.43. The summed E-state index contributed by atoms with van der Waals surface area (Å²) >= 11 is 0. The van der Waals surface area contributed by atoms with Crippen LogP contribution < -0.4 is 0 Å². The molecule has 0 aromatic heterocycles. The molecule has 1 aromatic rings. The zero-order valence-corrected chi connectivity index (χ0v) is 19.9. The van der Waals surface area contributed by atoms with Gasteiger partial charge in [0.2, 0.25) is 0 Å². The molecule has 3 fully saturated rings. The van der Waals surface area contributed by atoms with Gasteiger partial charge in [0.15, 0.2) is 0 Å². The predicted octanol–water partition coefficient (Wildman–Crippen LogP) is 9.46. The topological polar surface area (TPSA) is 0 Å². The molecule has 0 saturated heterocycles. The fourth-order valence-corrected chi connectivity index (χ4v) is 6.94. The minimum atomic E-state index is -0.116. The largest absolute Gasteiger partial charge is 0.207 e. The first-order valence-electron chi connectivity index (χ1n) is 13.6. The Balaban J connectivity index is 1.14. The number of allylic oxidation sites excluding steroid dienone is 2. The number of halogens is 1. The van der Waals surface area contributed by atoms with Gasteiger partial charge in [-0.2, -0.15) is 0 Å². The second kappa shape index (κ2) is 11.7. The number of rotatable bonds is 7. The molecule has 1 aromatic carbocycles. The zero-order chi connectivity index (χ0) is 21.5. The first-order valence-corrected chi connectivity index (χ1v) is 13.6. The van der Waals surface area contributed by atoms with Gasteiger partial charge in [-0.1, -0.05) is 63.3 Å². The molecule has 0 aliphatic heterocycles. The smallest absolute Gasteiger partial charge is 0.123 e. The van der Waals surface area contributed by atoms with Crippen molar-refractivity contribution in [3.05, 3.63) is 47.8 Å². The molecule has 3 aliphatic carbocycles. The fourth-order valence-electron chi connectivity index (χ4n) is 6.94. The number of unbranched alkanes of at least 4 members (excludes halogenated alkanes) is 1. The lowest BCUT2D eigenvalue weighted by Gasteiger charge is -2.37. The highest BCUT2D eigenvalue weighted by Gasteiger charge is 2.30. The molecule has 4 rings (SSSR count). The molecule has 0 nitrogen and oxygen atoms in total. The normalized spacial score (nSPS) is 34.8. The summed E-state index contributed by atoms with van der Waals surface area (Å²) in [7, 11) is 0. The summed E-state index contributed by atoms with van der Waals surface area (Å²) in [5.74, 6) is 5.26. The van der Waals surface area contributed by atoms with Crippen LogP contribution >= 0.6 is 0 Å². The summed E-state index contributed by atoms with van der Waals surface area (Å²) in [6.07, 6.45) is 26.5. The van der Waals surface area contributed by atoms with Crippen molar-refractivity contribution < 1.29 is 4.39 Å². The third-order valence-electron chi connectivity index (χ3n) is 9.11. The third kappa shape index (κ3) is 6.69. The maximum absolute atomic E-state index is 13.2. The monoisotopic (exact) mass is 424 g/mol. The van der Waals surface area contributed by atoms with Crippen molar-refractivity contribution in [1.82, 2.24) is 0 Å². The molecule has 3 saturated carbocycles. The van der Waals surface area contributed by atoms with E-state index in [2.05, 4.69) is 19.1 Å². The molecule has 0 atom stereocenters. The summed E-state index contributed by atoms with van der Waals surface area (Å²) in [5, 5.41) is 0. The van der Waals surface area contributed by atoms with Gasteiger partial charge in [-0.3, -0.25) is 0 Å². The Hall–Kier alpha value is -1.11. The number of hydrogen-bond acceptors (Lipinski definition) is 0. The summed E-state index contributed by atoms with van der Waals surface area (Å²) in [4.78, 5) is 0. The maximum atomic E-state index is 13.2. The van der Waals surface area contributed by atoms with Crippen molar-refractivity contribution in [3.8, 4) is 0 Å². The molecule has 0 unspecified atom stereocenters. The Kier molecular flexibility index (Phi) is 8.68. The molecule has 0 spiro atoms. The maximum Gasteiger partial charge on any atom is 0.123 e. The van der Waals surface area contributed by atoms with Crippen molar-refractivity contribution >= 4 is 0 Å². The average Bonchev–Trinajstić information content (AvgIpc) is 2.83. The van der Waals surface area contributed by atoms with Gasteiger partial charge < -0.3 is 0 Å². The fraction of sp³-hybridized carbons (Fsp3) is 0.733. The van der Waals surface area contributed by atoms with Crippen molar-refractivity contribution in [2.45, 2.75) is 109 Å². The van der Waals surface area contributed by atoms with E-state index in [1.807, 2.05) is 12.1 Å². The first-order chi connectivity index (χ1) is 15.2. The van der Waals surface area contributed by atoms with Crippen LogP contribution in [0.3, 0.4) is 0 Å². The molecule has 0 radical (unpaired) electrons. The third-order valence-corrected chi connectivity index (χ3v) is 9.11. The highest BCUT2D eigenvalue weighted by molar-refractivity contribution is 5.21. The molecule has 0 bridgehead atoms. The van der Waals surface area contributed by atoms with Crippen molar-refractivity contribution in [3.63, 3.8) is 0 Å². The van der Waals surface area contributed by atoms with E-state index in [9.17, 15) is 4.39 Å². The summed E-state index contributed by atoms with van der Waals surface area (Å²) in [6.45, 7) is 2.33. The molecule has 0 heterocycles. The predicted molar refractivity (Wildman–Crippen MR) is 131 cm³/mol. The van der Waals surface area contributed by atoms with Crippen molar-refractivity contribution in [1.29, 1.82) is 0 Å². The number of benzene rings is 1. The van der Waals surface area contributed by atoms with E-state index >= 15 is 0 Å². The lowest BCUT2D eigenvalue weighted by atomic mass is 9.68. The lowest BCUT2D eigenvalue weighted by Crippen LogP contribution is -2.25. The lowest BCUT2D eigenvalue weighted by molar-refractivity contribution is 0.151. The van der Waals surface area contributed by atoms with Gasteiger partial charge in [0.25, 0.3) is 0 Å². The van der Waals surface area contributed by atoms with Crippen molar-refractivity contribution in [2.24, 2.45) is 29.6 Å². The quantitative estimate of drug-likeness (QED) is 0.382. The second-order valence-corrected chi connectivity index (χ2v) is 11.1. The average molecular weight is 425 g/mol. The molecule has 3 aliphatic rings. The van der Waals surface area contributed by atoms with E-state index in [1.165, 1.54) is 102 Å². The summed E-state index contributed by atoms with van der Waals surface area (Å²) < 4.78 is 13.2. The number of hydrogen-bond donors (Lipinski definition) is 0. The summed E-state index contributed by atoms with van der Waals surface area (Å²) in [5.41, 5.74) is 1.33. The SMILES string of the molecule is CCCCC1CCC(C2CCC(C=CC3CCC(c4ccc(F)cc4)CC3)CC2)CC1. The molecule has 31 heavy (non-hydrogen) atoms. The zero-order valence-electron chi connectivity index (χ0n) is 19.9. The van der Waals surface area contributed by atoms with Crippen molar-refractivity contribution in [2.75, 3.05) is 0 Å². The van der Waals surface area contributed by atoms with E-state index in [0.29, 0.717) is 5.92 Å². The Morgan fingerprint density at radius 3 is 1.77 bits per heavy atom. The molecule has 172 valence electrons. The Morgan fingerprint density at radius 1 is 0.710 bits per heavy atom. The van der Waals surface area contributed by atoms with Crippen LogP contribution in [0.1, 0.15) is 115 Å². The van der Waals surface area contributed by atoms with Gasteiger partial charge in [0.1, 0.15) is 5.82 Å². The van der Waals surface area contributed by atoms with E-state index < -0.39 is 0 Å². The Morgan fingerprint density at radius 2 is 1.23 bits per heavy atom. The van der Waals surface area contributed by atoms with Crippen LogP contribution in [0.5, 0.6) is 0 Å². The molecular formula is C30H45F. The minimum absolute atomic E-state index is 0.116. The van der Waals surface area contributed by atoms with Gasteiger partial charge in [-0.25, -0.2) is 4.39 Å². The summed E-state index contributed by atoms with van der Waals surface area (Å²) in [6, 6.07) is 7.23. The Bertz CT molecular complexity index is 650. The second-order valence-electron chi connectivity index (χ2n) is 11.1. The molecule has 0 amide bonds. The van der Waals surface area contributed by atoms with Gasteiger partial charge in [-0.15, -0.1) is 0 Å².